The van der Waals surface area contributed by atoms with Gasteiger partial charge in [0.2, 0.25) is 0 Å². The van der Waals surface area contributed by atoms with E-state index in [1.54, 1.807) is 20.0 Å². The molecule has 0 saturated heterocycles. The third kappa shape index (κ3) is 4.72. The molecule has 6 heteroatoms. The molecule has 0 spiro atoms. The Morgan fingerprint density at radius 3 is 2.60 bits per heavy atom. The zero-order valence-corrected chi connectivity index (χ0v) is 12.6. The molecule has 6 nitrogen and oxygen atoms in total. The predicted molar refractivity (Wildman–Crippen MR) is 77.4 cm³/mol. The van der Waals surface area contributed by atoms with Gasteiger partial charge in [0.25, 0.3) is 0 Å². The molecule has 1 atom stereocenters. The molecule has 0 aromatic carbocycles. The summed E-state index contributed by atoms with van der Waals surface area (Å²) in [5.74, 6) is 0.0938. The van der Waals surface area contributed by atoms with Gasteiger partial charge in [0.15, 0.2) is 0 Å². The highest BCUT2D eigenvalue weighted by Gasteiger charge is 2.21. The SMILES string of the molecule is Cc1ncc(CO)c(CNCC(C)(O)CN(C)C)c1O. The largest absolute Gasteiger partial charge is 0.506 e. The van der Waals surface area contributed by atoms with Gasteiger partial charge < -0.3 is 25.5 Å². The van der Waals surface area contributed by atoms with Gasteiger partial charge in [-0.15, -0.1) is 0 Å². The molecule has 1 aromatic heterocycles. The van der Waals surface area contributed by atoms with Crippen molar-refractivity contribution in [3.63, 3.8) is 0 Å². The number of rotatable bonds is 7. The fraction of sp³-hybridized carbons (Fsp3) is 0.643. The van der Waals surface area contributed by atoms with Gasteiger partial charge in [-0.3, -0.25) is 4.98 Å². The maximum Gasteiger partial charge on any atom is 0.141 e. The summed E-state index contributed by atoms with van der Waals surface area (Å²) in [6.45, 7) is 4.58. The highest BCUT2D eigenvalue weighted by Crippen LogP contribution is 2.23. The van der Waals surface area contributed by atoms with Crippen LogP contribution in [0.25, 0.3) is 0 Å². The average molecular weight is 283 g/mol. The molecule has 1 heterocycles. The normalized spacial score (nSPS) is 14.6. The van der Waals surface area contributed by atoms with Crippen molar-refractivity contribution in [2.24, 2.45) is 0 Å². The van der Waals surface area contributed by atoms with Crippen LogP contribution in [0.3, 0.4) is 0 Å². The summed E-state index contributed by atoms with van der Waals surface area (Å²) in [5.41, 5.74) is 0.883. The third-order valence-electron chi connectivity index (χ3n) is 3.07. The van der Waals surface area contributed by atoms with Crippen LogP contribution in [0.2, 0.25) is 0 Å². The Morgan fingerprint density at radius 2 is 2.05 bits per heavy atom. The Kier molecular flexibility index (Phi) is 5.88. The number of hydrogen-bond acceptors (Lipinski definition) is 6. The first-order chi connectivity index (χ1) is 9.26. The number of aromatic nitrogens is 1. The topological polar surface area (TPSA) is 88.9 Å². The summed E-state index contributed by atoms with van der Waals surface area (Å²) < 4.78 is 0. The van der Waals surface area contributed by atoms with Crippen molar-refractivity contribution < 1.29 is 15.3 Å². The van der Waals surface area contributed by atoms with E-state index in [0.717, 1.165) is 0 Å². The molecule has 1 aromatic rings. The van der Waals surface area contributed by atoms with Gasteiger partial charge in [-0.1, -0.05) is 0 Å². The Morgan fingerprint density at radius 1 is 1.40 bits per heavy atom. The molecule has 0 aliphatic carbocycles. The van der Waals surface area contributed by atoms with E-state index in [1.807, 2.05) is 19.0 Å². The molecule has 114 valence electrons. The first-order valence-electron chi connectivity index (χ1n) is 6.62. The Bertz CT molecular complexity index is 448. The van der Waals surface area contributed by atoms with Gasteiger partial charge in [0.1, 0.15) is 5.75 Å². The van der Waals surface area contributed by atoms with E-state index in [-0.39, 0.29) is 12.4 Å². The summed E-state index contributed by atoms with van der Waals surface area (Å²) in [6, 6.07) is 0. The molecule has 0 aliphatic heterocycles. The zero-order chi connectivity index (χ0) is 15.3. The zero-order valence-electron chi connectivity index (χ0n) is 12.6. The molecule has 1 unspecified atom stereocenters. The Hall–Kier alpha value is -1.21. The van der Waals surface area contributed by atoms with Gasteiger partial charge in [-0.2, -0.15) is 0 Å². The predicted octanol–water partition coefficient (Wildman–Crippen LogP) is -0.00988. The van der Waals surface area contributed by atoms with Gasteiger partial charge >= 0.3 is 0 Å². The van der Waals surface area contributed by atoms with Crippen LogP contribution in [0.1, 0.15) is 23.7 Å². The molecule has 0 bridgehead atoms. The van der Waals surface area contributed by atoms with E-state index in [2.05, 4.69) is 10.3 Å². The van der Waals surface area contributed by atoms with Crippen LogP contribution in [0.15, 0.2) is 6.20 Å². The van der Waals surface area contributed by atoms with E-state index in [1.165, 1.54) is 0 Å². The van der Waals surface area contributed by atoms with Crippen LogP contribution >= 0.6 is 0 Å². The number of aliphatic hydroxyl groups excluding tert-OH is 1. The molecule has 4 N–H and O–H groups in total. The number of pyridine rings is 1. The minimum atomic E-state index is -0.861. The summed E-state index contributed by atoms with van der Waals surface area (Å²) in [6.07, 6.45) is 1.56. The Labute approximate surface area is 120 Å². The molecule has 0 fully saturated rings. The Balaban J connectivity index is 2.69. The second kappa shape index (κ2) is 6.99. The summed E-state index contributed by atoms with van der Waals surface area (Å²) in [7, 11) is 3.80. The first kappa shape index (κ1) is 16.8. The van der Waals surface area contributed by atoms with E-state index in [0.29, 0.717) is 36.5 Å². The minimum Gasteiger partial charge on any atom is -0.506 e. The molecule has 1 rings (SSSR count). The number of aromatic hydroxyl groups is 1. The van der Waals surface area contributed by atoms with Crippen LogP contribution in [-0.4, -0.2) is 58.0 Å². The van der Waals surface area contributed by atoms with Crippen molar-refractivity contribution in [1.82, 2.24) is 15.2 Å². The van der Waals surface area contributed by atoms with Gasteiger partial charge in [-0.05, 0) is 27.9 Å². The van der Waals surface area contributed by atoms with E-state index in [4.69, 9.17) is 0 Å². The highest BCUT2D eigenvalue weighted by atomic mass is 16.3. The van der Waals surface area contributed by atoms with Gasteiger partial charge in [0.05, 0.1) is 17.9 Å². The summed E-state index contributed by atoms with van der Waals surface area (Å²) >= 11 is 0. The molecule has 0 saturated carbocycles. The number of hydrogen-bond donors (Lipinski definition) is 4. The van der Waals surface area contributed by atoms with Crippen LogP contribution in [0.5, 0.6) is 5.75 Å². The van der Waals surface area contributed by atoms with Crippen molar-refractivity contribution >= 4 is 0 Å². The smallest absolute Gasteiger partial charge is 0.141 e. The number of nitrogens with one attached hydrogen (secondary N) is 1. The van der Waals surface area contributed by atoms with Crippen molar-refractivity contribution in [2.75, 3.05) is 27.2 Å². The lowest BCUT2D eigenvalue weighted by Crippen LogP contribution is -2.45. The van der Waals surface area contributed by atoms with Crippen molar-refractivity contribution in [2.45, 2.75) is 32.6 Å². The fourth-order valence-electron chi connectivity index (χ4n) is 2.21. The van der Waals surface area contributed by atoms with Gasteiger partial charge in [0, 0.05) is 37.0 Å². The molecule has 20 heavy (non-hydrogen) atoms. The maximum absolute atomic E-state index is 10.2. The standard InChI is InChI=1S/C14H25N3O3/c1-10-13(19)12(11(7-18)5-16-10)6-15-8-14(2,20)9-17(3)4/h5,15,18-20H,6-9H2,1-4H3. The lowest BCUT2D eigenvalue weighted by Gasteiger charge is -2.27. The minimum absolute atomic E-state index is 0.0938. The number of aryl methyl sites for hydroxylation is 1. The average Bonchev–Trinajstić information content (AvgIpc) is 2.33. The lowest BCUT2D eigenvalue weighted by atomic mass is 10.1. The lowest BCUT2D eigenvalue weighted by molar-refractivity contribution is 0.0335. The van der Waals surface area contributed by atoms with Crippen LogP contribution in [0, 0.1) is 6.92 Å². The number of aliphatic hydroxyl groups is 2. The molecule has 0 amide bonds. The maximum atomic E-state index is 10.2. The van der Waals surface area contributed by atoms with E-state index >= 15 is 0 Å². The number of nitrogens with zero attached hydrogens (tertiary/aromatic N) is 2. The van der Waals surface area contributed by atoms with Crippen LogP contribution in [-0.2, 0) is 13.2 Å². The van der Waals surface area contributed by atoms with Crippen LogP contribution < -0.4 is 5.32 Å². The second-order valence-electron chi connectivity index (χ2n) is 5.69. The summed E-state index contributed by atoms with van der Waals surface area (Å²) in [5, 5.41) is 32.6. The van der Waals surface area contributed by atoms with Crippen molar-refractivity contribution in [3.05, 3.63) is 23.0 Å². The quantitative estimate of drug-likeness (QED) is 0.563. The molecule has 0 aliphatic rings. The molecular formula is C14H25N3O3. The molecular weight excluding hydrogens is 258 g/mol. The third-order valence-corrected chi connectivity index (χ3v) is 3.07. The van der Waals surface area contributed by atoms with Crippen molar-refractivity contribution in [1.29, 1.82) is 0 Å². The van der Waals surface area contributed by atoms with Crippen LogP contribution in [0.4, 0.5) is 0 Å². The van der Waals surface area contributed by atoms with Crippen molar-refractivity contribution in [3.8, 4) is 5.75 Å². The molecule has 0 radical (unpaired) electrons. The van der Waals surface area contributed by atoms with E-state index < -0.39 is 5.60 Å². The second-order valence-corrected chi connectivity index (χ2v) is 5.69. The highest BCUT2D eigenvalue weighted by molar-refractivity contribution is 5.40. The monoisotopic (exact) mass is 283 g/mol. The fourth-order valence-corrected chi connectivity index (χ4v) is 2.21. The van der Waals surface area contributed by atoms with Gasteiger partial charge in [-0.25, -0.2) is 0 Å². The first-order valence-corrected chi connectivity index (χ1v) is 6.62. The summed E-state index contributed by atoms with van der Waals surface area (Å²) in [4.78, 5) is 5.92. The number of likely N-dealkylation sites (N-methyl/N-ethyl adjacent to an activating group) is 1. The van der Waals surface area contributed by atoms with E-state index in [9.17, 15) is 15.3 Å².